The van der Waals surface area contributed by atoms with Gasteiger partial charge in [-0.25, -0.2) is 17.9 Å². The van der Waals surface area contributed by atoms with Gasteiger partial charge in [0.1, 0.15) is 0 Å². The molecule has 0 saturated heterocycles. The maximum atomic E-state index is 12.6. The number of anilines is 1. The van der Waals surface area contributed by atoms with E-state index in [0.29, 0.717) is 25.2 Å². The number of sulfonamides is 1. The van der Waals surface area contributed by atoms with Crippen LogP contribution in [0, 0.1) is 0 Å². The van der Waals surface area contributed by atoms with E-state index in [-0.39, 0.29) is 10.5 Å². The van der Waals surface area contributed by atoms with Gasteiger partial charge in [-0.3, -0.25) is 0 Å². The third kappa shape index (κ3) is 5.92. The molecule has 1 aliphatic rings. The van der Waals surface area contributed by atoms with E-state index in [1.807, 2.05) is 30.3 Å². The Morgan fingerprint density at radius 3 is 2.55 bits per heavy atom. The van der Waals surface area contributed by atoms with Crippen LogP contribution in [0.4, 0.5) is 5.69 Å². The highest BCUT2D eigenvalue weighted by atomic mass is 32.2. The number of carboxylic acid groups (broad SMARTS) is 1. The number of carboxylic acids is 1. The highest BCUT2D eigenvalue weighted by Crippen LogP contribution is 2.23. The average Bonchev–Trinajstić information content (AvgIpc) is 2.73. The third-order valence-corrected chi connectivity index (χ3v) is 6.44. The number of carbonyl (C=O) groups is 1. The zero-order valence-corrected chi connectivity index (χ0v) is 17.0. The molecule has 7 heteroatoms. The molecule has 0 bridgehead atoms. The molecule has 2 aromatic rings. The number of allylic oxidation sites excluding steroid dienone is 1. The van der Waals surface area contributed by atoms with Crippen LogP contribution in [-0.4, -0.2) is 26.0 Å². The van der Waals surface area contributed by atoms with Crippen LogP contribution < -0.4 is 10.0 Å². The molecule has 29 heavy (non-hydrogen) atoms. The molecule has 2 aromatic carbocycles. The van der Waals surface area contributed by atoms with Crippen molar-refractivity contribution in [3.05, 3.63) is 71.3 Å². The smallest absolute Gasteiger partial charge is 0.337 e. The number of nitrogens with one attached hydrogen (secondary N) is 2. The number of hydrogen-bond donors (Lipinski definition) is 3. The summed E-state index contributed by atoms with van der Waals surface area (Å²) >= 11 is 0. The van der Waals surface area contributed by atoms with Crippen LogP contribution in [0.2, 0.25) is 0 Å². The molecule has 0 amide bonds. The first-order chi connectivity index (χ1) is 14.0. The van der Waals surface area contributed by atoms with Crippen LogP contribution in [0.1, 0.15) is 48.0 Å². The molecule has 0 saturated carbocycles. The number of rotatable bonds is 9. The minimum absolute atomic E-state index is 0.0437. The molecule has 0 fully saturated rings. The van der Waals surface area contributed by atoms with Gasteiger partial charge in [-0.1, -0.05) is 42.0 Å². The second-order valence-electron chi connectivity index (χ2n) is 7.11. The molecular formula is C22H26N2O4S. The summed E-state index contributed by atoms with van der Waals surface area (Å²) in [5.41, 5.74) is 2.59. The van der Waals surface area contributed by atoms with Gasteiger partial charge < -0.3 is 10.4 Å². The molecular weight excluding hydrogens is 388 g/mol. The summed E-state index contributed by atoms with van der Waals surface area (Å²) in [6.07, 6.45) is 7.29. The SMILES string of the molecule is O=C(O)c1cc(S(=O)(=O)NCCC2=CCCCC2)ccc1NCc1ccccc1. The molecule has 0 aromatic heterocycles. The van der Waals surface area contributed by atoms with E-state index in [4.69, 9.17) is 0 Å². The van der Waals surface area contributed by atoms with Gasteiger partial charge in [0.2, 0.25) is 10.0 Å². The quantitative estimate of drug-likeness (QED) is 0.536. The van der Waals surface area contributed by atoms with E-state index in [9.17, 15) is 18.3 Å². The van der Waals surface area contributed by atoms with E-state index in [1.54, 1.807) is 0 Å². The Balaban J connectivity index is 1.69. The lowest BCUT2D eigenvalue weighted by molar-refractivity contribution is 0.0697. The minimum Gasteiger partial charge on any atom is -0.478 e. The Hall–Kier alpha value is -2.64. The van der Waals surface area contributed by atoms with Gasteiger partial charge in [0, 0.05) is 18.8 Å². The highest BCUT2D eigenvalue weighted by Gasteiger charge is 2.19. The van der Waals surface area contributed by atoms with Crippen LogP contribution in [0.15, 0.2) is 65.1 Å². The summed E-state index contributed by atoms with van der Waals surface area (Å²) < 4.78 is 27.8. The number of aromatic carboxylic acids is 1. The van der Waals surface area contributed by atoms with Gasteiger partial charge in [-0.2, -0.15) is 0 Å². The first-order valence-corrected chi connectivity index (χ1v) is 11.3. The molecule has 1 aliphatic carbocycles. The summed E-state index contributed by atoms with van der Waals surface area (Å²) in [5.74, 6) is -1.18. The second kappa shape index (κ2) is 9.71. The van der Waals surface area contributed by atoms with Crippen LogP contribution in [0.5, 0.6) is 0 Å². The van der Waals surface area contributed by atoms with Crippen molar-refractivity contribution in [3.63, 3.8) is 0 Å². The van der Waals surface area contributed by atoms with E-state index in [2.05, 4.69) is 16.1 Å². The Morgan fingerprint density at radius 2 is 1.86 bits per heavy atom. The molecule has 0 heterocycles. The van der Waals surface area contributed by atoms with Crippen LogP contribution in [-0.2, 0) is 16.6 Å². The van der Waals surface area contributed by atoms with Crippen LogP contribution in [0.3, 0.4) is 0 Å². The Morgan fingerprint density at radius 1 is 1.07 bits per heavy atom. The second-order valence-corrected chi connectivity index (χ2v) is 8.87. The molecule has 0 aliphatic heterocycles. The zero-order chi connectivity index (χ0) is 20.7. The maximum Gasteiger partial charge on any atom is 0.337 e. The van der Waals surface area contributed by atoms with Crippen LogP contribution in [0.25, 0.3) is 0 Å². The van der Waals surface area contributed by atoms with Crippen molar-refractivity contribution in [2.24, 2.45) is 0 Å². The molecule has 6 nitrogen and oxygen atoms in total. The Bertz CT molecular complexity index is 985. The summed E-state index contributed by atoms with van der Waals surface area (Å²) in [7, 11) is -3.77. The molecule has 0 atom stereocenters. The fraction of sp³-hybridized carbons (Fsp3) is 0.318. The van der Waals surface area contributed by atoms with Crippen molar-refractivity contribution in [1.29, 1.82) is 0 Å². The Kier molecular flexibility index (Phi) is 7.06. The van der Waals surface area contributed by atoms with Crippen molar-refractivity contribution < 1.29 is 18.3 Å². The number of hydrogen-bond acceptors (Lipinski definition) is 4. The molecule has 0 spiro atoms. The number of benzene rings is 2. The minimum atomic E-state index is -3.77. The lowest BCUT2D eigenvalue weighted by Gasteiger charge is -2.14. The van der Waals surface area contributed by atoms with Crippen LogP contribution >= 0.6 is 0 Å². The van der Waals surface area contributed by atoms with Crippen molar-refractivity contribution >= 4 is 21.7 Å². The predicted molar refractivity (Wildman–Crippen MR) is 114 cm³/mol. The van der Waals surface area contributed by atoms with Gasteiger partial charge in [0.15, 0.2) is 0 Å². The normalized spacial score (nSPS) is 14.3. The van der Waals surface area contributed by atoms with E-state index < -0.39 is 16.0 Å². The van der Waals surface area contributed by atoms with Crippen molar-refractivity contribution in [2.75, 3.05) is 11.9 Å². The lowest BCUT2D eigenvalue weighted by Crippen LogP contribution is -2.25. The summed E-state index contributed by atoms with van der Waals surface area (Å²) in [6.45, 7) is 0.755. The van der Waals surface area contributed by atoms with E-state index in [1.165, 1.54) is 30.2 Å². The van der Waals surface area contributed by atoms with E-state index >= 15 is 0 Å². The summed E-state index contributed by atoms with van der Waals surface area (Å²) in [5, 5.41) is 12.6. The average molecular weight is 415 g/mol. The zero-order valence-electron chi connectivity index (χ0n) is 16.2. The first kappa shape index (κ1) is 21.1. The molecule has 0 unspecified atom stereocenters. The Labute approximate surface area is 171 Å². The fourth-order valence-corrected chi connectivity index (χ4v) is 4.43. The third-order valence-electron chi connectivity index (χ3n) is 4.98. The van der Waals surface area contributed by atoms with Crippen molar-refractivity contribution in [1.82, 2.24) is 4.72 Å². The fourth-order valence-electron chi connectivity index (χ4n) is 3.38. The molecule has 154 valence electrons. The van der Waals surface area contributed by atoms with Gasteiger partial charge in [-0.15, -0.1) is 0 Å². The molecule has 0 radical (unpaired) electrons. The topological polar surface area (TPSA) is 95.5 Å². The summed E-state index contributed by atoms with van der Waals surface area (Å²) in [6, 6.07) is 13.7. The van der Waals surface area contributed by atoms with Gasteiger partial charge in [0.05, 0.1) is 10.5 Å². The largest absolute Gasteiger partial charge is 0.478 e. The van der Waals surface area contributed by atoms with E-state index in [0.717, 1.165) is 24.8 Å². The monoisotopic (exact) mass is 414 g/mol. The van der Waals surface area contributed by atoms with Gasteiger partial charge in [0.25, 0.3) is 0 Å². The standard InChI is InChI=1S/C22H26N2O4S/c25-22(26)20-15-19(11-12-21(20)23-16-18-9-5-2-6-10-18)29(27,28)24-14-13-17-7-3-1-4-8-17/h2,5-7,9-12,15,23-24H,1,3-4,8,13-14,16H2,(H,25,26). The maximum absolute atomic E-state index is 12.6. The lowest BCUT2D eigenvalue weighted by atomic mass is 9.97. The molecule has 3 N–H and O–H groups in total. The predicted octanol–water partition coefficient (Wildman–Crippen LogP) is 4.17. The molecule has 3 rings (SSSR count). The summed E-state index contributed by atoms with van der Waals surface area (Å²) in [4.78, 5) is 11.6. The van der Waals surface area contributed by atoms with Gasteiger partial charge in [-0.05, 0) is 55.9 Å². The first-order valence-electron chi connectivity index (χ1n) is 9.78. The van der Waals surface area contributed by atoms with Crippen molar-refractivity contribution in [2.45, 2.75) is 43.5 Å². The van der Waals surface area contributed by atoms with Crippen molar-refractivity contribution in [3.8, 4) is 0 Å². The van der Waals surface area contributed by atoms with Gasteiger partial charge >= 0.3 is 5.97 Å². The highest BCUT2D eigenvalue weighted by molar-refractivity contribution is 7.89.